The van der Waals surface area contributed by atoms with Crippen LogP contribution in [0.5, 0.6) is 0 Å². The van der Waals surface area contributed by atoms with Gasteiger partial charge < -0.3 is 15.0 Å². The first-order valence-electron chi connectivity index (χ1n) is 9.78. The average Bonchev–Trinajstić information content (AvgIpc) is 3.30. The maximum atomic E-state index is 12.5. The molecule has 144 valence electrons. The molecule has 1 N–H and O–H groups in total. The number of aromatic nitrogens is 2. The van der Waals surface area contributed by atoms with Crippen molar-refractivity contribution in [1.29, 1.82) is 0 Å². The van der Waals surface area contributed by atoms with Crippen LogP contribution in [0, 0.1) is 12.8 Å². The zero-order valence-corrected chi connectivity index (χ0v) is 15.9. The summed E-state index contributed by atoms with van der Waals surface area (Å²) in [6, 6.07) is 0.606. The number of hydrogen-bond donors (Lipinski definition) is 1. The molecule has 1 saturated carbocycles. The summed E-state index contributed by atoms with van der Waals surface area (Å²) < 4.78 is 6.31. The smallest absolute Gasteiger partial charge is 0.326 e. The van der Waals surface area contributed by atoms with Gasteiger partial charge in [0, 0.05) is 25.3 Å². The summed E-state index contributed by atoms with van der Waals surface area (Å²) in [5.41, 5.74) is 0.428. The van der Waals surface area contributed by atoms with Crippen molar-refractivity contribution in [2.75, 3.05) is 31.6 Å². The second-order valence-corrected chi connectivity index (χ2v) is 7.42. The van der Waals surface area contributed by atoms with Crippen LogP contribution in [0.15, 0.2) is 11.0 Å². The fourth-order valence-electron chi connectivity index (χ4n) is 3.70. The third kappa shape index (κ3) is 5.06. The van der Waals surface area contributed by atoms with E-state index in [4.69, 9.17) is 4.74 Å². The molecule has 1 aliphatic carbocycles. The molecule has 0 radical (unpaired) electrons. The van der Waals surface area contributed by atoms with Crippen LogP contribution in [0.4, 0.5) is 5.82 Å². The highest BCUT2D eigenvalue weighted by atomic mass is 16.5. The molecule has 0 spiro atoms. The lowest BCUT2D eigenvalue weighted by Crippen LogP contribution is -2.33. The van der Waals surface area contributed by atoms with Gasteiger partial charge in [-0.3, -0.25) is 14.2 Å². The minimum Gasteiger partial charge on any atom is -0.465 e. The van der Waals surface area contributed by atoms with E-state index in [9.17, 15) is 9.59 Å². The highest BCUT2D eigenvalue weighted by molar-refractivity contribution is 5.69. The standard InChI is InChI=1S/C19H30N4O3/c1-3-26-17(24)13-23-11-14(2)21-18(19(23)25)20-9-8-16-5-4-10-22(16)12-15-6-7-15/h11,15-16H,3-10,12-13H2,1-2H3,(H,20,21). The summed E-state index contributed by atoms with van der Waals surface area (Å²) in [4.78, 5) is 31.1. The molecule has 26 heavy (non-hydrogen) atoms. The SMILES string of the molecule is CCOC(=O)Cn1cc(C)nc(NCCC2CCCN2CC2CC2)c1=O. The fraction of sp³-hybridized carbons (Fsp3) is 0.737. The summed E-state index contributed by atoms with van der Waals surface area (Å²) in [5.74, 6) is 0.825. The van der Waals surface area contributed by atoms with Crippen molar-refractivity contribution >= 4 is 11.8 Å². The third-order valence-electron chi connectivity index (χ3n) is 5.16. The average molecular weight is 362 g/mol. The molecule has 1 saturated heterocycles. The Hall–Kier alpha value is -1.89. The number of anilines is 1. The van der Waals surface area contributed by atoms with Crippen molar-refractivity contribution in [3.05, 3.63) is 22.2 Å². The number of rotatable bonds is 9. The Morgan fingerprint density at radius 3 is 2.92 bits per heavy atom. The molecule has 0 amide bonds. The number of hydrogen-bond acceptors (Lipinski definition) is 6. The number of ether oxygens (including phenoxy) is 1. The van der Waals surface area contributed by atoms with Gasteiger partial charge in [-0.05, 0) is 58.4 Å². The van der Waals surface area contributed by atoms with Gasteiger partial charge >= 0.3 is 5.97 Å². The quantitative estimate of drug-likeness (QED) is 0.675. The van der Waals surface area contributed by atoms with E-state index in [0.29, 0.717) is 24.2 Å². The van der Waals surface area contributed by atoms with E-state index in [1.165, 1.54) is 43.3 Å². The first-order chi connectivity index (χ1) is 12.6. The second-order valence-electron chi connectivity index (χ2n) is 7.42. The van der Waals surface area contributed by atoms with Crippen LogP contribution >= 0.6 is 0 Å². The fourth-order valence-corrected chi connectivity index (χ4v) is 3.70. The van der Waals surface area contributed by atoms with Gasteiger partial charge in [0.25, 0.3) is 5.56 Å². The predicted octanol–water partition coefficient (Wildman–Crippen LogP) is 1.79. The van der Waals surface area contributed by atoms with E-state index in [2.05, 4.69) is 15.2 Å². The molecule has 0 aromatic carbocycles. The monoisotopic (exact) mass is 362 g/mol. The number of nitrogens with one attached hydrogen (secondary N) is 1. The minimum atomic E-state index is -0.409. The number of likely N-dealkylation sites (tertiary alicyclic amines) is 1. The molecule has 1 atom stereocenters. The van der Waals surface area contributed by atoms with Crippen LogP contribution < -0.4 is 10.9 Å². The van der Waals surface area contributed by atoms with Crippen LogP contribution in [0.2, 0.25) is 0 Å². The van der Waals surface area contributed by atoms with Gasteiger partial charge in [0.2, 0.25) is 0 Å². The van der Waals surface area contributed by atoms with E-state index in [1.54, 1.807) is 13.1 Å². The summed E-state index contributed by atoms with van der Waals surface area (Å²) in [5, 5.41) is 3.19. The van der Waals surface area contributed by atoms with Crippen LogP contribution in [-0.4, -0.2) is 52.7 Å². The Morgan fingerprint density at radius 2 is 2.19 bits per heavy atom. The number of nitrogens with zero attached hydrogens (tertiary/aromatic N) is 3. The van der Waals surface area contributed by atoms with Crippen molar-refractivity contribution in [2.24, 2.45) is 5.92 Å². The van der Waals surface area contributed by atoms with Crippen molar-refractivity contribution in [1.82, 2.24) is 14.5 Å². The Bertz CT molecular complexity index is 684. The van der Waals surface area contributed by atoms with Crippen molar-refractivity contribution < 1.29 is 9.53 Å². The third-order valence-corrected chi connectivity index (χ3v) is 5.16. The molecule has 0 bridgehead atoms. The summed E-state index contributed by atoms with van der Waals surface area (Å²) in [6.07, 6.45) is 7.89. The van der Waals surface area contributed by atoms with Crippen molar-refractivity contribution in [2.45, 2.75) is 58.5 Å². The molecule has 7 heteroatoms. The highest BCUT2D eigenvalue weighted by Crippen LogP contribution is 2.32. The Labute approximate surface area is 154 Å². The maximum Gasteiger partial charge on any atom is 0.326 e. The van der Waals surface area contributed by atoms with Gasteiger partial charge in [0.1, 0.15) is 6.54 Å². The van der Waals surface area contributed by atoms with Gasteiger partial charge in [0.05, 0.1) is 12.3 Å². The summed E-state index contributed by atoms with van der Waals surface area (Å²) in [7, 11) is 0. The lowest BCUT2D eigenvalue weighted by Gasteiger charge is -2.24. The molecule has 2 aliphatic rings. The molecule has 1 unspecified atom stereocenters. The largest absolute Gasteiger partial charge is 0.465 e. The van der Waals surface area contributed by atoms with Crippen LogP contribution in [0.1, 0.15) is 44.7 Å². The molecule has 3 rings (SSSR count). The summed E-state index contributed by atoms with van der Waals surface area (Å²) in [6.45, 7) is 6.96. The van der Waals surface area contributed by atoms with Crippen molar-refractivity contribution in [3.63, 3.8) is 0 Å². The number of carbonyl (C=O) groups excluding carboxylic acids is 1. The zero-order valence-electron chi connectivity index (χ0n) is 15.9. The van der Waals surface area contributed by atoms with Gasteiger partial charge in [-0.2, -0.15) is 0 Å². The lowest BCUT2D eigenvalue weighted by atomic mass is 10.1. The predicted molar refractivity (Wildman–Crippen MR) is 100 cm³/mol. The van der Waals surface area contributed by atoms with Crippen LogP contribution in [0.25, 0.3) is 0 Å². The molecular formula is C19H30N4O3. The Morgan fingerprint density at radius 1 is 1.38 bits per heavy atom. The van der Waals surface area contributed by atoms with E-state index < -0.39 is 5.97 Å². The van der Waals surface area contributed by atoms with E-state index in [-0.39, 0.29) is 12.1 Å². The van der Waals surface area contributed by atoms with Gasteiger partial charge in [-0.1, -0.05) is 0 Å². The molecular weight excluding hydrogens is 332 g/mol. The first kappa shape index (κ1) is 18.9. The highest BCUT2D eigenvalue weighted by Gasteiger charge is 2.30. The number of carbonyl (C=O) groups is 1. The molecule has 1 aromatic heterocycles. The molecule has 1 aromatic rings. The summed E-state index contributed by atoms with van der Waals surface area (Å²) >= 11 is 0. The lowest BCUT2D eigenvalue weighted by molar-refractivity contribution is -0.143. The van der Waals surface area contributed by atoms with Gasteiger partial charge in [-0.25, -0.2) is 4.98 Å². The minimum absolute atomic E-state index is 0.0808. The van der Waals surface area contributed by atoms with E-state index in [0.717, 1.165) is 18.9 Å². The van der Waals surface area contributed by atoms with Gasteiger partial charge in [0.15, 0.2) is 5.82 Å². The topological polar surface area (TPSA) is 76.5 Å². The van der Waals surface area contributed by atoms with Gasteiger partial charge in [-0.15, -0.1) is 0 Å². The van der Waals surface area contributed by atoms with Crippen molar-refractivity contribution in [3.8, 4) is 0 Å². The van der Waals surface area contributed by atoms with Crippen LogP contribution in [0.3, 0.4) is 0 Å². The molecule has 7 nitrogen and oxygen atoms in total. The maximum absolute atomic E-state index is 12.5. The Kier molecular flexibility index (Phi) is 6.29. The van der Waals surface area contributed by atoms with E-state index >= 15 is 0 Å². The number of esters is 1. The zero-order chi connectivity index (χ0) is 18.5. The van der Waals surface area contributed by atoms with E-state index in [1.807, 2.05) is 6.92 Å². The Balaban J connectivity index is 1.56. The molecule has 2 heterocycles. The first-order valence-corrected chi connectivity index (χ1v) is 9.78. The molecule has 2 fully saturated rings. The second kappa shape index (κ2) is 8.66. The molecule has 1 aliphatic heterocycles. The number of aryl methyl sites for hydroxylation is 1. The normalized spacial score (nSPS) is 20.3. The van der Waals surface area contributed by atoms with Crippen LogP contribution in [-0.2, 0) is 16.1 Å².